The van der Waals surface area contributed by atoms with Crippen LogP contribution in [0.4, 0.5) is 4.39 Å². The van der Waals surface area contributed by atoms with Crippen LogP contribution in [0.3, 0.4) is 0 Å². The van der Waals surface area contributed by atoms with E-state index in [2.05, 4.69) is 15.3 Å². The lowest BCUT2D eigenvalue weighted by Crippen LogP contribution is -2.24. The fraction of sp³-hybridized carbons (Fsp3) is 0.0870. The molecule has 5 nitrogen and oxygen atoms in total. The molecule has 0 spiro atoms. The van der Waals surface area contributed by atoms with E-state index < -0.39 is 11.7 Å². The molecule has 2 heterocycles. The van der Waals surface area contributed by atoms with E-state index in [1.165, 1.54) is 12.1 Å². The minimum Gasteiger partial charge on any atom is -0.453 e. The van der Waals surface area contributed by atoms with Gasteiger partial charge in [0, 0.05) is 30.5 Å². The molecule has 2 aromatic heterocycles. The molecule has 0 fully saturated rings. The largest absolute Gasteiger partial charge is 0.453 e. The van der Waals surface area contributed by atoms with Gasteiger partial charge in [-0.05, 0) is 60.5 Å². The zero-order valence-corrected chi connectivity index (χ0v) is 15.7. The first-order valence-corrected chi connectivity index (χ1v) is 9.10. The molecule has 2 aromatic carbocycles. The van der Waals surface area contributed by atoms with Crippen LogP contribution in [0.5, 0.6) is 11.5 Å². The van der Waals surface area contributed by atoms with E-state index in [1.807, 2.05) is 25.1 Å². The van der Waals surface area contributed by atoms with Gasteiger partial charge in [0.15, 0.2) is 11.6 Å². The van der Waals surface area contributed by atoms with Gasteiger partial charge in [-0.3, -0.25) is 14.8 Å². The monoisotopic (exact) mass is 387 g/mol. The summed E-state index contributed by atoms with van der Waals surface area (Å²) in [5.41, 5.74) is 2.63. The SMILES string of the molecule is Cc1ccc2c(Oc3cccc(C(=O)NCc4ccncc4)c3F)ccnc2c1. The standard InChI is InChI=1S/C23H18FN3O2/c1-15-5-6-17-19(13-15)26-12-9-20(17)29-21-4-2-3-18(22(21)24)23(28)27-14-16-7-10-25-11-8-16/h2-13H,14H2,1H3,(H,27,28). The van der Waals surface area contributed by atoms with Crippen molar-refractivity contribution >= 4 is 16.8 Å². The number of hydrogen-bond donors (Lipinski definition) is 1. The van der Waals surface area contributed by atoms with Crippen LogP contribution in [-0.2, 0) is 6.54 Å². The summed E-state index contributed by atoms with van der Waals surface area (Å²) in [4.78, 5) is 20.7. The van der Waals surface area contributed by atoms with Crippen LogP contribution in [0.1, 0.15) is 21.5 Å². The number of hydrogen-bond acceptors (Lipinski definition) is 4. The Labute approximate surface area is 167 Å². The van der Waals surface area contributed by atoms with Crippen molar-refractivity contribution in [3.63, 3.8) is 0 Å². The predicted octanol–water partition coefficient (Wildman–Crippen LogP) is 4.80. The average molecular weight is 387 g/mol. The number of nitrogens with zero attached hydrogens (tertiary/aromatic N) is 2. The van der Waals surface area contributed by atoms with Crippen molar-refractivity contribution < 1.29 is 13.9 Å². The molecule has 1 N–H and O–H groups in total. The number of carbonyl (C=O) groups is 1. The minimum atomic E-state index is -0.711. The summed E-state index contributed by atoms with van der Waals surface area (Å²) in [6, 6.07) is 15.5. The number of halogens is 1. The molecule has 0 radical (unpaired) electrons. The quantitative estimate of drug-likeness (QED) is 0.534. The Morgan fingerprint density at radius 3 is 2.69 bits per heavy atom. The maximum absolute atomic E-state index is 15.0. The highest BCUT2D eigenvalue weighted by Gasteiger charge is 2.17. The molecule has 144 valence electrons. The molecule has 0 aliphatic heterocycles. The lowest BCUT2D eigenvalue weighted by Gasteiger charge is -2.12. The number of ether oxygens (including phenoxy) is 1. The molecule has 0 bridgehead atoms. The number of benzene rings is 2. The molecule has 0 atom stereocenters. The Balaban J connectivity index is 1.58. The highest BCUT2D eigenvalue weighted by atomic mass is 19.1. The summed E-state index contributed by atoms with van der Waals surface area (Å²) in [5, 5.41) is 3.48. The predicted molar refractivity (Wildman–Crippen MR) is 108 cm³/mol. The Morgan fingerprint density at radius 1 is 1.03 bits per heavy atom. The number of aryl methyl sites for hydroxylation is 1. The molecule has 29 heavy (non-hydrogen) atoms. The van der Waals surface area contributed by atoms with Crippen LogP contribution in [0, 0.1) is 12.7 Å². The number of aromatic nitrogens is 2. The second-order valence-electron chi connectivity index (χ2n) is 6.59. The van der Waals surface area contributed by atoms with Gasteiger partial charge in [-0.25, -0.2) is 4.39 Å². The molecule has 6 heteroatoms. The van der Waals surface area contributed by atoms with Crippen molar-refractivity contribution in [1.29, 1.82) is 0 Å². The van der Waals surface area contributed by atoms with Crippen LogP contribution in [0.2, 0.25) is 0 Å². The van der Waals surface area contributed by atoms with Crippen molar-refractivity contribution in [3.8, 4) is 11.5 Å². The Bertz CT molecular complexity index is 1180. The lowest BCUT2D eigenvalue weighted by molar-refractivity contribution is 0.0946. The van der Waals surface area contributed by atoms with Crippen LogP contribution < -0.4 is 10.1 Å². The highest BCUT2D eigenvalue weighted by Crippen LogP contribution is 2.31. The van der Waals surface area contributed by atoms with Crippen molar-refractivity contribution in [1.82, 2.24) is 15.3 Å². The first-order chi connectivity index (χ1) is 14.1. The molecule has 1 amide bonds. The second kappa shape index (κ2) is 8.06. The van der Waals surface area contributed by atoms with Gasteiger partial charge in [-0.1, -0.05) is 12.1 Å². The fourth-order valence-corrected chi connectivity index (χ4v) is 2.98. The lowest BCUT2D eigenvalue weighted by atomic mass is 10.1. The highest BCUT2D eigenvalue weighted by molar-refractivity contribution is 5.95. The van der Waals surface area contributed by atoms with E-state index in [1.54, 1.807) is 42.9 Å². The van der Waals surface area contributed by atoms with Gasteiger partial charge in [0.25, 0.3) is 5.91 Å². The Kier molecular flexibility index (Phi) is 5.16. The molecular weight excluding hydrogens is 369 g/mol. The van der Waals surface area contributed by atoms with Gasteiger partial charge < -0.3 is 10.1 Å². The number of amides is 1. The van der Waals surface area contributed by atoms with Crippen LogP contribution in [-0.4, -0.2) is 15.9 Å². The van der Waals surface area contributed by atoms with Crippen LogP contribution in [0.15, 0.2) is 73.2 Å². The minimum absolute atomic E-state index is 0.0189. The summed E-state index contributed by atoms with van der Waals surface area (Å²) in [6.07, 6.45) is 4.88. The molecule has 0 aliphatic carbocycles. The number of rotatable bonds is 5. The van der Waals surface area contributed by atoms with Gasteiger partial charge >= 0.3 is 0 Å². The van der Waals surface area contributed by atoms with Gasteiger partial charge in [0.1, 0.15) is 5.75 Å². The smallest absolute Gasteiger partial charge is 0.254 e. The van der Waals surface area contributed by atoms with Gasteiger partial charge in [0.05, 0.1) is 11.1 Å². The van der Waals surface area contributed by atoms with Crippen molar-refractivity contribution in [2.75, 3.05) is 0 Å². The number of fused-ring (bicyclic) bond motifs is 1. The van der Waals surface area contributed by atoms with Crippen LogP contribution >= 0.6 is 0 Å². The third-order valence-corrected chi connectivity index (χ3v) is 4.49. The van der Waals surface area contributed by atoms with Crippen LogP contribution in [0.25, 0.3) is 10.9 Å². The molecule has 0 saturated heterocycles. The number of pyridine rings is 2. The Morgan fingerprint density at radius 2 is 1.86 bits per heavy atom. The third kappa shape index (κ3) is 4.06. The average Bonchev–Trinajstić information content (AvgIpc) is 2.74. The van der Waals surface area contributed by atoms with E-state index in [9.17, 15) is 9.18 Å². The normalized spacial score (nSPS) is 10.7. The maximum Gasteiger partial charge on any atom is 0.254 e. The van der Waals surface area contributed by atoms with E-state index in [0.717, 1.165) is 22.0 Å². The Hall–Kier alpha value is -3.80. The summed E-state index contributed by atoms with van der Waals surface area (Å²) >= 11 is 0. The van der Waals surface area contributed by atoms with Crippen molar-refractivity contribution in [2.24, 2.45) is 0 Å². The molecule has 4 aromatic rings. The van der Waals surface area contributed by atoms with Gasteiger partial charge in [-0.2, -0.15) is 0 Å². The first-order valence-electron chi connectivity index (χ1n) is 9.10. The molecule has 0 unspecified atom stereocenters. The maximum atomic E-state index is 15.0. The van der Waals surface area contributed by atoms with E-state index in [4.69, 9.17) is 4.74 Å². The molecule has 4 rings (SSSR count). The van der Waals surface area contributed by atoms with Crippen molar-refractivity contribution in [2.45, 2.75) is 13.5 Å². The van der Waals surface area contributed by atoms with Gasteiger partial charge in [-0.15, -0.1) is 0 Å². The summed E-state index contributed by atoms with van der Waals surface area (Å²) in [7, 11) is 0. The molecule has 0 aliphatic rings. The third-order valence-electron chi connectivity index (χ3n) is 4.49. The zero-order chi connectivity index (χ0) is 20.2. The van der Waals surface area contributed by atoms with Gasteiger partial charge in [0.2, 0.25) is 0 Å². The molecular formula is C23H18FN3O2. The zero-order valence-electron chi connectivity index (χ0n) is 15.7. The number of carbonyl (C=O) groups excluding carboxylic acids is 1. The topological polar surface area (TPSA) is 64.1 Å². The first kappa shape index (κ1) is 18.6. The second-order valence-corrected chi connectivity index (χ2v) is 6.59. The fourth-order valence-electron chi connectivity index (χ4n) is 2.98. The molecule has 0 saturated carbocycles. The van der Waals surface area contributed by atoms with Crippen molar-refractivity contribution in [3.05, 3.63) is 95.7 Å². The summed E-state index contributed by atoms with van der Waals surface area (Å²) < 4.78 is 20.8. The van der Waals surface area contributed by atoms with E-state index in [-0.39, 0.29) is 17.9 Å². The number of nitrogens with one attached hydrogen (secondary N) is 1. The summed E-state index contributed by atoms with van der Waals surface area (Å²) in [5.74, 6) is -0.769. The summed E-state index contributed by atoms with van der Waals surface area (Å²) in [6.45, 7) is 2.25. The van der Waals surface area contributed by atoms with E-state index in [0.29, 0.717) is 5.75 Å². The van der Waals surface area contributed by atoms with E-state index >= 15 is 0 Å².